The average Bonchev–Trinajstić information content (AvgIpc) is 2.94. The SMILES string of the molecule is CCC[C@@](C)(/C=C\[C@@H](OC(=N)C(Cl)(Cl)Cl)[C@@H](CO[Si](c1ccccc1)(c1ccccc1)C(C)(C)C)OC(=N)C(Cl)(Cl)Cl)OC. The lowest BCUT2D eigenvalue weighted by atomic mass is 9.98. The quantitative estimate of drug-likeness (QED) is 0.0707. The molecule has 0 aliphatic heterocycles. The van der Waals surface area contributed by atoms with Crippen molar-refractivity contribution in [1.82, 2.24) is 0 Å². The van der Waals surface area contributed by atoms with Crippen LogP contribution in [0.5, 0.6) is 0 Å². The smallest absolute Gasteiger partial charge is 0.265 e. The van der Waals surface area contributed by atoms with Crippen LogP contribution in [0, 0.1) is 10.8 Å². The molecule has 13 heteroatoms. The van der Waals surface area contributed by atoms with Gasteiger partial charge in [-0.1, -0.05) is 170 Å². The first-order valence-corrected chi connectivity index (χ1v) is 18.1. The first kappa shape index (κ1) is 39.2. The summed E-state index contributed by atoms with van der Waals surface area (Å²) in [6, 6.07) is 20.0. The highest BCUT2D eigenvalue weighted by Gasteiger charge is 2.51. The molecule has 0 fully saturated rings. The minimum atomic E-state index is -3.10. The Morgan fingerprint density at radius 2 is 1.25 bits per heavy atom. The van der Waals surface area contributed by atoms with Gasteiger partial charge in [-0.3, -0.25) is 10.8 Å². The van der Waals surface area contributed by atoms with Gasteiger partial charge in [-0.2, -0.15) is 0 Å². The molecule has 0 spiro atoms. The number of hydrogen-bond acceptors (Lipinski definition) is 6. The third-order valence-electron chi connectivity index (χ3n) is 7.14. The van der Waals surface area contributed by atoms with E-state index in [9.17, 15) is 0 Å². The average molecular weight is 745 g/mol. The minimum Gasteiger partial charge on any atom is -0.468 e. The second-order valence-corrected chi connectivity index (χ2v) is 20.4. The Bertz CT molecular complexity index is 1210. The predicted molar refractivity (Wildman–Crippen MR) is 189 cm³/mol. The standard InChI is InChI=1S/C31H40Cl6N2O4Si/c1-7-19-29(5,40-6)20-18-24(42-26(38)30(32,33)34)25(43-27(39)31(35,36)37)21-41-44(28(2,3)4,22-14-10-8-11-15-22)23-16-12-9-13-17-23/h8-18,20,24-25,38-39H,7,19,21H2,1-6H3/b20-18-,38-26?,39-27?/t24-,25-,29+/m1/s1. The molecule has 0 saturated heterocycles. The fraction of sp³-hybridized carbons (Fsp3) is 0.484. The molecular weight excluding hydrogens is 705 g/mol. The van der Waals surface area contributed by atoms with Gasteiger partial charge < -0.3 is 18.6 Å². The number of methoxy groups -OCH3 is 1. The molecule has 0 aliphatic carbocycles. The van der Waals surface area contributed by atoms with Crippen LogP contribution in [0.2, 0.25) is 5.04 Å². The van der Waals surface area contributed by atoms with Crippen LogP contribution >= 0.6 is 69.6 Å². The van der Waals surface area contributed by atoms with E-state index in [4.69, 9.17) is 99.1 Å². The van der Waals surface area contributed by atoms with Crippen LogP contribution in [-0.2, 0) is 18.6 Å². The molecule has 0 heterocycles. The predicted octanol–water partition coefficient (Wildman–Crippen LogP) is 8.79. The van der Waals surface area contributed by atoms with E-state index < -0.39 is 45.5 Å². The summed E-state index contributed by atoms with van der Waals surface area (Å²) in [5.74, 6) is -1.32. The minimum absolute atomic E-state index is 0.143. The van der Waals surface area contributed by atoms with Crippen molar-refractivity contribution in [3.8, 4) is 0 Å². The van der Waals surface area contributed by atoms with Crippen molar-refractivity contribution >= 4 is 100 Å². The molecule has 2 aromatic carbocycles. The molecule has 0 radical (unpaired) electrons. The van der Waals surface area contributed by atoms with Crippen LogP contribution in [-0.4, -0.2) is 59.2 Å². The van der Waals surface area contributed by atoms with Crippen molar-refractivity contribution in [1.29, 1.82) is 10.8 Å². The molecule has 2 N–H and O–H groups in total. The lowest BCUT2D eigenvalue weighted by Gasteiger charge is -2.44. The number of alkyl halides is 6. The van der Waals surface area contributed by atoms with E-state index in [1.54, 1.807) is 19.3 Å². The Kier molecular flexibility index (Phi) is 14.4. The van der Waals surface area contributed by atoms with E-state index in [2.05, 4.69) is 20.8 Å². The highest BCUT2D eigenvalue weighted by molar-refractivity contribution is 6.99. The van der Waals surface area contributed by atoms with Crippen molar-refractivity contribution in [2.24, 2.45) is 0 Å². The van der Waals surface area contributed by atoms with Crippen LogP contribution in [0.15, 0.2) is 72.8 Å². The zero-order valence-electron chi connectivity index (χ0n) is 25.6. The molecular formula is C31H40Cl6N2O4Si. The maximum atomic E-state index is 8.41. The summed E-state index contributed by atoms with van der Waals surface area (Å²) in [5, 5.41) is 18.4. The number of rotatable bonds is 13. The fourth-order valence-corrected chi connectivity index (χ4v) is 9.71. The van der Waals surface area contributed by atoms with Gasteiger partial charge >= 0.3 is 0 Å². The van der Waals surface area contributed by atoms with Gasteiger partial charge in [-0.05, 0) is 34.8 Å². The Morgan fingerprint density at radius 3 is 1.64 bits per heavy atom. The number of ether oxygens (including phenoxy) is 3. The molecule has 0 aliphatic rings. The summed E-state index contributed by atoms with van der Waals surface area (Å²) in [5.41, 5.74) is -0.690. The molecule has 2 rings (SSSR count). The molecule has 0 amide bonds. The molecule has 244 valence electrons. The second kappa shape index (κ2) is 16.2. The van der Waals surface area contributed by atoms with Gasteiger partial charge in [0.05, 0.1) is 12.2 Å². The maximum Gasteiger partial charge on any atom is 0.265 e. The van der Waals surface area contributed by atoms with Gasteiger partial charge in [0, 0.05) is 7.11 Å². The first-order chi connectivity index (χ1) is 20.3. The van der Waals surface area contributed by atoms with E-state index in [1.807, 2.05) is 74.5 Å². The Morgan fingerprint density at radius 1 is 0.795 bits per heavy atom. The van der Waals surface area contributed by atoms with Crippen molar-refractivity contribution in [3.63, 3.8) is 0 Å². The van der Waals surface area contributed by atoms with Crippen LogP contribution in [0.1, 0.15) is 47.5 Å². The topological polar surface area (TPSA) is 84.6 Å². The molecule has 0 aromatic heterocycles. The van der Waals surface area contributed by atoms with Crippen molar-refractivity contribution in [2.75, 3.05) is 13.7 Å². The summed E-state index contributed by atoms with van der Waals surface area (Å²) in [6.45, 7) is 10.2. The lowest BCUT2D eigenvalue weighted by Crippen LogP contribution is -2.67. The maximum absolute atomic E-state index is 8.41. The van der Waals surface area contributed by atoms with Gasteiger partial charge in [0.25, 0.3) is 15.9 Å². The van der Waals surface area contributed by atoms with Crippen LogP contribution in [0.3, 0.4) is 0 Å². The van der Waals surface area contributed by atoms with E-state index in [-0.39, 0.29) is 11.6 Å². The Labute approximate surface area is 292 Å². The van der Waals surface area contributed by atoms with Crippen LogP contribution in [0.25, 0.3) is 0 Å². The second-order valence-electron chi connectivity index (χ2n) is 11.5. The van der Waals surface area contributed by atoms with Crippen molar-refractivity contribution in [2.45, 2.75) is 77.9 Å². The van der Waals surface area contributed by atoms with E-state index >= 15 is 0 Å². The summed E-state index contributed by atoms with van der Waals surface area (Å²) >= 11 is 36.2. The van der Waals surface area contributed by atoms with Gasteiger partial charge in [0.2, 0.25) is 11.8 Å². The highest BCUT2D eigenvalue weighted by Crippen LogP contribution is 2.38. The van der Waals surface area contributed by atoms with E-state index in [0.29, 0.717) is 6.42 Å². The molecule has 0 unspecified atom stereocenters. The number of nitrogens with one attached hydrogen (secondary N) is 2. The zero-order chi connectivity index (χ0) is 33.4. The Balaban J connectivity index is 2.74. The molecule has 3 atom stereocenters. The van der Waals surface area contributed by atoms with E-state index in [0.717, 1.165) is 16.8 Å². The van der Waals surface area contributed by atoms with Gasteiger partial charge in [-0.25, -0.2) is 0 Å². The van der Waals surface area contributed by atoms with E-state index in [1.165, 1.54) is 0 Å². The summed E-state index contributed by atoms with van der Waals surface area (Å²) < 4.78 is 20.3. The Hall–Kier alpha value is -1.00. The van der Waals surface area contributed by atoms with Gasteiger partial charge in [0.15, 0.2) is 12.2 Å². The van der Waals surface area contributed by atoms with Crippen molar-refractivity contribution in [3.05, 3.63) is 72.8 Å². The molecule has 44 heavy (non-hydrogen) atoms. The zero-order valence-corrected chi connectivity index (χ0v) is 31.1. The summed E-state index contributed by atoms with van der Waals surface area (Å²) in [6.07, 6.45) is 2.67. The first-order valence-electron chi connectivity index (χ1n) is 13.9. The monoisotopic (exact) mass is 742 g/mol. The molecule has 0 bridgehead atoms. The van der Waals surface area contributed by atoms with Crippen molar-refractivity contribution < 1.29 is 18.6 Å². The number of halogens is 6. The summed E-state index contributed by atoms with van der Waals surface area (Å²) in [4.78, 5) is 0. The lowest BCUT2D eigenvalue weighted by molar-refractivity contribution is 0.0205. The number of hydrogen-bond donors (Lipinski definition) is 2. The third kappa shape index (κ3) is 10.5. The molecule has 2 aromatic rings. The molecule has 6 nitrogen and oxygen atoms in total. The fourth-order valence-electron chi connectivity index (χ4n) is 4.87. The van der Waals surface area contributed by atoms with Gasteiger partial charge in [-0.15, -0.1) is 0 Å². The largest absolute Gasteiger partial charge is 0.468 e. The normalized spacial score (nSPS) is 15.8. The van der Waals surface area contributed by atoms with Crippen LogP contribution in [0.4, 0.5) is 0 Å². The number of benzene rings is 2. The highest BCUT2D eigenvalue weighted by atomic mass is 35.6. The molecule has 0 saturated carbocycles. The van der Waals surface area contributed by atoms with Gasteiger partial charge in [0.1, 0.15) is 0 Å². The third-order valence-corrected chi connectivity index (χ3v) is 13.2. The van der Waals surface area contributed by atoms with Crippen LogP contribution < -0.4 is 10.4 Å². The summed E-state index contributed by atoms with van der Waals surface area (Å²) in [7, 11) is -1.50.